The van der Waals surface area contributed by atoms with Gasteiger partial charge in [0.2, 0.25) is 5.91 Å². The summed E-state index contributed by atoms with van der Waals surface area (Å²) in [4.78, 5) is 19.1. The van der Waals surface area contributed by atoms with Gasteiger partial charge in [0.25, 0.3) is 0 Å². The zero-order valence-electron chi connectivity index (χ0n) is 15.6. The number of hydrogen-bond acceptors (Lipinski definition) is 3. The Balaban J connectivity index is 1.87. The smallest absolute Gasteiger partial charge is 0.242 e. The van der Waals surface area contributed by atoms with Crippen LogP contribution in [0.25, 0.3) is 11.0 Å². The fourth-order valence-corrected chi connectivity index (χ4v) is 3.10. The molecule has 3 aromatic rings. The Morgan fingerprint density at radius 2 is 1.85 bits per heavy atom. The van der Waals surface area contributed by atoms with Gasteiger partial charge in [-0.25, -0.2) is 4.98 Å². The Morgan fingerprint density at radius 1 is 1.15 bits per heavy atom. The van der Waals surface area contributed by atoms with Crippen molar-refractivity contribution in [1.82, 2.24) is 14.5 Å². The van der Waals surface area contributed by atoms with Crippen molar-refractivity contribution in [3.63, 3.8) is 0 Å². The molecule has 0 radical (unpaired) electrons. The fraction of sp³-hybridized carbons (Fsp3) is 0.333. The molecule has 0 fully saturated rings. The molecule has 5 nitrogen and oxygen atoms in total. The van der Waals surface area contributed by atoms with E-state index in [-0.39, 0.29) is 19.1 Å². The van der Waals surface area contributed by atoms with Gasteiger partial charge >= 0.3 is 0 Å². The summed E-state index contributed by atoms with van der Waals surface area (Å²) in [6, 6.07) is 14.1. The van der Waals surface area contributed by atoms with Crippen LogP contribution in [-0.2, 0) is 24.3 Å². The topological polar surface area (TPSA) is 58.4 Å². The first kappa shape index (κ1) is 18.1. The van der Waals surface area contributed by atoms with Gasteiger partial charge in [0.05, 0.1) is 17.6 Å². The van der Waals surface area contributed by atoms with Crippen molar-refractivity contribution in [3.8, 4) is 0 Å². The molecule has 0 aliphatic heterocycles. The van der Waals surface area contributed by atoms with E-state index in [1.54, 1.807) is 4.90 Å². The van der Waals surface area contributed by atoms with E-state index in [1.165, 1.54) is 11.1 Å². The summed E-state index contributed by atoms with van der Waals surface area (Å²) in [7, 11) is 1.82. The zero-order chi connectivity index (χ0) is 18.7. The summed E-state index contributed by atoms with van der Waals surface area (Å²) < 4.78 is 1.93. The van der Waals surface area contributed by atoms with E-state index >= 15 is 0 Å². The van der Waals surface area contributed by atoms with Gasteiger partial charge in [0.1, 0.15) is 12.4 Å². The maximum absolute atomic E-state index is 12.8. The highest BCUT2D eigenvalue weighted by molar-refractivity contribution is 5.82. The first-order valence-corrected chi connectivity index (χ1v) is 8.84. The summed E-state index contributed by atoms with van der Waals surface area (Å²) in [6.45, 7) is 4.91. The molecule has 0 unspecified atom stereocenters. The number of nitrogens with zero attached hydrogens (tertiary/aromatic N) is 3. The molecule has 0 bridgehead atoms. The van der Waals surface area contributed by atoms with Gasteiger partial charge in [-0.05, 0) is 42.7 Å². The number of carbonyl (C=O) groups is 1. The lowest BCUT2D eigenvalue weighted by Crippen LogP contribution is -2.30. The van der Waals surface area contributed by atoms with Crippen LogP contribution in [0.5, 0.6) is 0 Å². The zero-order valence-corrected chi connectivity index (χ0v) is 15.6. The second kappa shape index (κ2) is 7.70. The normalized spacial score (nSPS) is 11.1. The Labute approximate surface area is 153 Å². The van der Waals surface area contributed by atoms with Crippen LogP contribution in [0.1, 0.15) is 22.5 Å². The summed E-state index contributed by atoms with van der Waals surface area (Å²) in [5, 5.41) is 9.37. The van der Waals surface area contributed by atoms with Gasteiger partial charge in [-0.1, -0.05) is 30.3 Å². The molecule has 0 aliphatic carbocycles. The minimum atomic E-state index is 0.00926. The largest absolute Gasteiger partial charge is 0.396 e. The third kappa shape index (κ3) is 3.78. The van der Waals surface area contributed by atoms with Crippen LogP contribution in [-0.4, -0.2) is 39.1 Å². The van der Waals surface area contributed by atoms with Crippen molar-refractivity contribution in [2.24, 2.45) is 0 Å². The lowest BCUT2D eigenvalue weighted by Gasteiger charge is -2.19. The minimum Gasteiger partial charge on any atom is -0.396 e. The van der Waals surface area contributed by atoms with Crippen molar-refractivity contribution in [1.29, 1.82) is 0 Å². The third-order valence-corrected chi connectivity index (χ3v) is 4.76. The van der Waals surface area contributed by atoms with Crippen LogP contribution in [0.2, 0.25) is 0 Å². The van der Waals surface area contributed by atoms with Crippen LogP contribution in [0.15, 0.2) is 42.5 Å². The van der Waals surface area contributed by atoms with E-state index in [0.717, 1.165) is 22.4 Å². The lowest BCUT2D eigenvalue weighted by molar-refractivity contribution is -0.131. The predicted octanol–water partition coefficient (Wildman–Crippen LogP) is 2.85. The Morgan fingerprint density at radius 3 is 2.54 bits per heavy atom. The first-order chi connectivity index (χ1) is 12.5. The number of benzene rings is 2. The van der Waals surface area contributed by atoms with E-state index in [4.69, 9.17) is 0 Å². The third-order valence-electron chi connectivity index (χ3n) is 4.76. The molecule has 0 saturated heterocycles. The van der Waals surface area contributed by atoms with Crippen LogP contribution < -0.4 is 0 Å². The molecule has 1 N–H and O–H groups in total. The fourth-order valence-electron chi connectivity index (χ4n) is 3.10. The van der Waals surface area contributed by atoms with E-state index < -0.39 is 0 Å². The SMILES string of the molecule is Cc1cc2nc(CCO)n(CC(=O)N(C)Cc3ccccc3)c2cc1C. The summed E-state index contributed by atoms with van der Waals surface area (Å²) in [5.41, 5.74) is 5.25. The van der Waals surface area contributed by atoms with Crippen LogP contribution in [0, 0.1) is 13.8 Å². The van der Waals surface area contributed by atoms with Gasteiger partial charge in [0.15, 0.2) is 0 Å². The number of aryl methyl sites for hydroxylation is 2. The van der Waals surface area contributed by atoms with E-state index in [0.29, 0.717) is 13.0 Å². The lowest BCUT2D eigenvalue weighted by atomic mass is 10.1. The second-order valence-electron chi connectivity index (χ2n) is 6.75. The van der Waals surface area contributed by atoms with Gasteiger partial charge < -0.3 is 14.6 Å². The molecular formula is C21H25N3O2. The monoisotopic (exact) mass is 351 g/mol. The average Bonchev–Trinajstić information content (AvgIpc) is 2.93. The molecule has 1 heterocycles. The number of aromatic nitrogens is 2. The average molecular weight is 351 g/mol. The van der Waals surface area contributed by atoms with Crippen molar-refractivity contribution in [2.45, 2.75) is 33.4 Å². The minimum absolute atomic E-state index is 0.00926. The van der Waals surface area contributed by atoms with Gasteiger partial charge in [-0.2, -0.15) is 0 Å². The van der Waals surface area contributed by atoms with Crippen LogP contribution in [0.3, 0.4) is 0 Å². The predicted molar refractivity (Wildman–Crippen MR) is 103 cm³/mol. The maximum Gasteiger partial charge on any atom is 0.242 e. The van der Waals surface area contributed by atoms with Crippen LogP contribution in [0.4, 0.5) is 0 Å². The number of imidazole rings is 1. The second-order valence-corrected chi connectivity index (χ2v) is 6.75. The number of hydrogen-bond donors (Lipinski definition) is 1. The van der Waals surface area contributed by atoms with Gasteiger partial charge in [-0.3, -0.25) is 4.79 Å². The number of amides is 1. The molecule has 0 spiro atoms. The number of aliphatic hydroxyl groups is 1. The molecule has 3 rings (SSSR count). The molecule has 2 aromatic carbocycles. The highest BCUT2D eigenvalue weighted by atomic mass is 16.3. The number of rotatable bonds is 6. The summed E-state index contributed by atoms with van der Waals surface area (Å²) in [6.07, 6.45) is 0.433. The molecule has 0 saturated carbocycles. The highest BCUT2D eigenvalue weighted by Crippen LogP contribution is 2.21. The Kier molecular flexibility index (Phi) is 5.38. The van der Waals surface area contributed by atoms with Crippen molar-refractivity contribution in [3.05, 3.63) is 65.0 Å². The van der Waals surface area contributed by atoms with E-state index in [9.17, 15) is 9.90 Å². The molecule has 5 heteroatoms. The Bertz CT molecular complexity index is 916. The number of fused-ring (bicyclic) bond motifs is 1. The van der Waals surface area contributed by atoms with Crippen molar-refractivity contribution in [2.75, 3.05) is 13.7 Å². The number of aliphatic hydroxyl groups excluding tert-OH is 1. The first-order valence-electron chi connectivity index (χ1n) is 8.84. The maximum atomic E-state index is 12.8. The molecule has 1 amide bonds. The van der Waals surface area contributed by atoms with Crippen LogP contribution >= 0.6 is 0 Å². The van der Waals surface area contributed by atoms with E-state index in [1.807, 2.05) is 48.0 Å². The quantitative estimate of drug-likeness (QED) is 0.743. The van der Waals surface area contributed by atoms with Crippen molar-refractivity contribution >= 4 is 16.9 Å². The standard InChI is InChI=1S/C21H25N3O2/c1-15-11-18-19(12-16(15)2)24(20(22-18)9-10-25)14-21(26)23(3)13-17-7-5-4-6-8-17/h4-8,11-12,25H,9-10,13-14H2,1-3H3. The molecule has 0 atom stereocenters. The van der Waals surface area contributed by atoms with Gasteiger partial charge in [0, 0.05) is 20.0 Å². The van der Waals surface area contributed by atoms with Gasteiger partial charge in [-0.15, -0.1) is 0 Å². The van der Waals surface area contributed by atoms with E-state index in [2.05, 4.69) is 24.9 Å². The molecule has 0 aliphatic rings. The molecular weight excluding hydrogens is 326 g/mol. The Hall–Kier alpha value is -2.66. The number of carbonyl (C=O) groups excluding carboxylic acids is 1. The molecule has 1 aromatic heterocycles. The number of likely N-dealkylation sites (N-methyl/N-ethyl adjacent to an activating group) is 1. The van der Waals surface area contributed by atoms with Crippen molar-refractivity contribution < 1.29 is 9.90 Å². The molecule has 136 valence electrons. The molecule has 26 heavy (non-hydrogen) atoms. The summed E-state index contributed by atoms with van der Waals surface area (Å²) in [5.74, 6) is 0.763. The highest BCUT2D eigenvalue weighted by Gasteiger charge is 2.17. The summed E-state index contributed by atoms with van der Waals surface area (Å²) >= 11 is 0.